The number of rotatable bonds is 8. The van der Waals surface area contributed by atoms with Crippen LogP contribution < -0.4 is 9.64 Å². The van der Waals surface area contributed by atoms with Gasteiger partial charge in [-0.05, 0) is 36.2 Å². The zero-order valence-electron chi connectivity index (χ0n) is 17.6. The number of carbonyl (C=O) groups is 1. The minimum atomic E-state index is 0.0722. The fourth-order valence-electron chi connectivity index (χ4n) is 3.31. The van der Waals surface area contributed by atoms with E-state index in [0.717, 1.165) is 32.8 Å². The summed E-state index contributed by atoms with van der Waals surface area (Å²) in [5, 5.41) is 0.709. The summed E-state index contributed by atoms with van der Waals surface area (Å²) < 4.78 is 6.56. The summed E-state index contributed by atoms with van der Waals surface area (Å²) >= 11 is 3.24. The second-order valence-corrected chi connectivity index (χ2v) is 9.28. The van der Waals surface area contributed by atoms with Crippen LogP contribution in [0.1, 0.15) is 17.5 Å². The van der Waals surface area contributed by atoms with Gasteiger partial charge in [0.1, 0.15) is 11.3 Å². The first kappa shape index (κ1) is 21.4. The van der Waals surface area contributed by atoms with E-state index in [0.29, 0.717) is 18.1 Å². The Hall–Kier alpha value is -2.83. The molecule has 0 bridgehead atoms. The van der Waals surface area contributed by atoms with E-state index in [-0.39, 0.29) is 5.91 Å². The number of aryl methyl sites for hydroxylation is 1. The molecule has 1 amide bonds. The largest absolute Gasteiger partial charge is 0.494 e. The van der Waals surface area contributed by atoms with Crippen molar-refractivity contribution in [2.45, 2.75) is 24.8 Å². The summed E-state index contributed by atoms with van der Waals surface area (Å²) in [5.74, 6) is 1.53. The van der Waals surface area contributed by atoms with Gasteiger partial charge in [-0.2, -0.15) is 0 Å². The molecule has 0 aliphatic heterocycles. The Balaban J connectivity index is 1.60. The summed E-state index contributed by atoms with van der Waals surface area (Å²) in [6.45, 7) is 2.56. The monoisotopic (exact) mass is 448 g/mol. The van der Waals surface area contributed by atoms with Gasteiger partial charge in [-0.1, -0.05) is 65.9 Å². The number of aromatic nitrogens is 1. The second kappa shape index (κ2) is 9.98. The predicted octanol–water partition coefficient (Wildman–Crippen LogP) is 6.33. The number of carbonyl (C=O) groups excluding carboxylic acids is 1. The van der Waals surface area contributed by atoms with Crippen LogP contribution in [0.25, 0.3) is 10.2 Å². The van der Waals surface area contributed by atoms with Crippen molar-refractivity contribution in [1.29, 1.82) is 0 Å². The number of ether oxygens (including phenoxy) is 1. The molecule has 158 valence electrons. The molecule has 0 saturated carbocycles. The van der Waals surface area contributed by atoms with Crippen LogP contribution in [0.4, 0.5) is 5.13 Å². The van der Waals surface area contributed by atoms with E-state index in [9.17, 15) is 4.79 Å². The van der Waals surface area contributed by atoms with Crippen molar-refractivity contribution in [2.75, 3.05) is 17.8 Å². The molecule has 4 nitrogen and oxygen atoms in total. The SMILES string of the molecule is COc1ccc(C)c2sc(N(Cc3ccccc3)C(=O)CCSc3ccccc3)nc12. The Labute approximate surface area is 190 Å². The molecular formula is C25H24N2O2S2. The summed E-state index contributed by atoms with van der Waals surface area (Å²) in [6, 6.07) is 24.2. The van der Waals surface area contributed by atoms with E-state index in [1.165, 1.54) is 4.90 Å². The molecule has 1 heterocycles. The lowest BCUT2D eigenvalue weighted by Gasteiger charge is -2.20. The van der Waals surface area contributed by atoms with E-state index < -0.39 is 0 Å². The predicted molar refractivity (Wildman–Crippen MR) is 130 cm³/mol. The van der Waals surface area contributed by atoms with Crippen molar-refractivity contribution < 1.29 is 9.53 Å². The number of thioether (sulfide) groups is 1. The van der Waals surface area contributed by atoms with Crippen LogP contribution >= 0.6 is 23.1 Å². The lowest BCUT2D eigenvalue weighted by atomic mass is 10.2. The average molecular weight is 449 g/mol. The first-order valence-corrected chi connectivity index (χ1v) is 11.9. The van der Waals surface area contributed by atoms with Gasteiger partial charge in [0.2, 0.25) is 5.91 Å². The number of hydrogen-bond acceptors (Lipinski definition) is 5. The summed E-state index contributed by atoms with van der Waals surface area (Å²) in [7, 11) is 1.65. The molecule has 0 fully saturated rings. The van der Waals surface area contributed by atoms with Gasteiger partial charge in [0, 0.05) is 17.1 Å². The molecule has 4 aromatic rings. The van der Waals surface area contributed by atoms with Crippen LogP contribution in [-0.2, 0) is 11.3 Å². The molecule has 0 aliphatic rings. The molecule has 0 aliphatic carbocycles. The molecule has 0 radical (unpaired) electrons. The van der Waals surface area contributed by atoms with Crippen molar-refractivity contribution in [3.63, 3.8) is 0 Å². The molecule has 31 heavy (non-hydrogen) atoms. The molecular weight excluding hydrogens is 424 g/mol. The van der Waals surface area contributed by atoms with Gasteiger partial charge in [0.15, 0.2) is 5.13 Å². The van der Waals surface area contributed by atoms with Gasteiger partial charge in [0.25, 0.3) is 0 Å². The molecule has 1 aromatic heterocycles. The Kier molecular flexibility index (Phi) is 6.89. The summed E-state index contributed by atoms with van der Waals surface area (Å²) in [4.78, 5) is 21.1. The van der Waals surface area contributed by atoms with Crippen LogP contribution in [-0.4, -0.2) is 23.8 Å². The zero-order valence-corrected chi connectivity index (χ0v) is 19.2. The number of hydrogen-bond donors (Lipinski definition) is 0. The Morgan fingerprint density at radius 2 is 1.74 bits per heavy atom. The van der Waals surface area contributed by atoms with Crippen LogP contribution in [0.5, 0.6) is 5.75 Å². The highest BCUT2D eigenvalue weighted by molar-refractivity contribution is 7.99. The molecule has 0 atom stereocenters. The highest BCUT2D eigenvalue weighted by atomic mass is 32.2. The van der Waals surface area contributed by atoms with Crippen LogP contribution in [0, 0.1) is 6.92 Å². The first-order valence-electron chi connectivity index (χ1n) is 10.1. The molecule has 3 aromatic carbocycles. The van der Waals surface area contributed by atoms with Gasteiger partial charge >= 0.3 is 0 Å². The van der Waals surface area contributed by atoms with Gasteiger partial charge in [-0.3, -0.25) is 9.69 Å². The number of thiazole rings is 1. The van der Waals surface area contributed by atoms with E-state index in [4.69, 9.17) is 9.72 Å². The van der Waals surface area contributed by atoms with Gasteiger partial charge in [-0.25, -0.2) is 4.98 Å². The van der Waals surface area contributed by atoms with Crippen LogP contribution in [0.2, 0.25) is 0 Å². The Morgan fingerprint density at radius 1 is 1.03 bits per heavy atom. The van der Waals surface area contributed by atoms with Crippen LogP contribution in [0.3, 0.4) is 0 Å². The van der Waals surface area contributed by atoms with Crippen molar-refractivity contribution >= 4 is 44.4 Å². The maximum absolute atomic E-state index is 13.3. The number of nitrogens with zero attached hydrogens (tertiary/aromatic N) is 2. The van der Waals surface area contributed by atoms with Crippen molar-refractivity contribution in [3.05, 3.63) is 83.9 Å². The lowest BCUT2D eigenvalue weighted by Crippen LogP contribution is -2.30. The van der Waals surface area contributed by atoms with Crippen molar-refractivity contribution in [3.8, 4) is 5.75 Å². The van der Waals surface area contributed by atoms with E-state index in [1.807, 2.05) is 65.6 Å². The fraction of sp³-hybridized carbons (Fsp3) is 0.200. The highest BCUT2D eigenvalue weighted by Gasteiger charge is 2.22. The third-order valence-corrected chi connectivity index (χ3v) is 7.18. The number of amides is 1. The fourth-order valence-corrected chi connectivity index (χ4v) is 5.24. The van der Waals surface area contributed by atoms with Crippen LogP contribution in [0.15, 0.2) is 77.7 Å². The number of anilines is 1. The van der Waals surface area contributed by atoms with Crippen molar-refractivity contribution in [2.24, 2.45) is 0 Å². The molecule has 4 rings (SSSR count). The van der Waals surface area contributed by atoms with Crippen molar-refractivity contribution in [1.82, 2.24) is 4.98 Å². The second-order valence-electron chi connectivity index (χ2n) is 7.14. The summed E-state index contributed by atoms with van der Waals surface area (Å²) in [5.41, 5.74) is 3.02. The minimum Gasteiger partial charge on any atom is -0.494 e. The normalized spacial score (nSPS) is 10.9. The Bertz CT molecular complexity index is 1160. The third kappa shape index (κ3) is 5.09. The first-order chi connectivity index (χ1) is 15.2. The quantitative estimate of drug-likeness (QED) is 0.295. The Morgan fingerprint density at radius 3 is 2.45 bits per heavy atom. The van der Waals surface area contributed by atoms with E-state index >= 15 is 0 Å². The van der Waals surface area contributed by atoms with Gasteiger partial charge in [-0.15, -0.1) is 11.8 Å². The molecule has 0 saturated heterocycles. The number of methoxy groups -OCH3 is 1. The third-order valence-electron chi connectivity index (χ3n) is 4.96. The molecule has 0 spiro atoms. The maximum atomic E-state index is 13.3. The molecule has 0 N–H and O–H groups in total. The van der Waals surface area contributed by atoms with Gasteiger partial charge < -0.3 is 4.74 Å². The van der Waals surface area contributed by atoms with Gasteiger partial charge in [0.05, 0.1) is 18.4 Å². The standard InChI is InChI=1S/C25H24N2O2S2/c1-18-13-14-21(29-2)23-24(18)31-25(26-23)27(17-19-9-5-3-6-10-19)22(28)15-16-30-20-11-7-4-8-12-20/h3-14H,15-17H2,1-2H3. The number of benzene rings is 3. The summed E-state index contributed by atoms with van der Waals surface area (Å²) in [6.07, 6.45) is 0.443. The average Bonchev–Trinajstić information content (AvgIpc) is 3.25. The zero-order chi connectivity index (χ0) is 21.6. The van der Waals surface area contributed by atoms with E-state index in [1.54, 1.807) is 30.2 Å². The smallest absolute Gasteiger partial charge is 0.229 e. The molecule has 6 heteroatoms. The minimum absolute atomic E-state index is 0.0722. The molecule has 0 unspecified atom stereocenters. The van der Waals surface area contributed by atoms with E-state index in [2.05, 4.69) is 19.1 Å². The highest BCUT2D eigenvalue weighted by Crippen LogP contribution is 2.37. The maximum Gasteiger partial charge on any atom is 0.229 e. The topological polar surface area (TPSA) is 42.4 Å². The lowest BCUT2D eigenvalue weighted by molar-refractivity contribution is -0.118. The number of fused-ring (bicyclic) bond motifs is 1.